The molecule has 0 aliphatic heterocycles. The Kier molecular flexibility index (Phi) is 5.02. The number of carboxylic acid groups (broad SMARTS) is 1. The summed E-state index contributed by atoms with van der Waals surface area (Å²) in [4.78, 5) is 20.2. The van der Waals surface area contributed by atoms with Crippen LogP contribution in [0.5, 0.6) is 0 Å². The molecule has 11 nitrogen and oxygen atoms in total. The van der Waals surface area contributed by atoms with E-state index in [1.807, 2.05) is 0 Å². The summed E-state index contributed by atoms with van der Waals surface area (Å²) in [6.45, 7) is 0. The van der Waals surface area contributed by atoms with Crippen LogP contribution in [0.15, 0.2) is 0 Å². The first kappa shape index (κ1) is 15.8. The van der Waals surface area contributed by atoms with Crippen molar-refractivity contribution in [2.45, 2.75) is 0 Å². The van der Waals surface area contributed by atoms with Crippen molar-refractivity contribution in [3.63, 3.8) is 0 Å². The number of hydrogen-bond donors (Lipinski definition) is 3. The molecule has 0 unspecified atom stereocenters. The highest BCUT2D eigenvalue weighted by Gasteiger charge is 2.34. The number of carbonyl (C=O) groups excluding carboxylic acids is 1. The van der Waals surface area contributed by atoms with E-state index in [4.69, 9.17) is 14.7 Å². The van der Waals surface area contributed by atoms with Crippen LogP contribution < -0.4 is 0 Å². The summed E-state index contributed by atoms with van der Waals surface area (Å²) in [5, 5.41) is 14.7. The van der Waals surface area contributed by atoms with Crippen LogP contribution in [-0.2, 0) is 38.6 Å². The van der Waals surface area contributed by atoms with Crippen molar-refractivity contribution >= 4 is 39.5 Å². The van der Waals surface area contributed by atoms with E-state index in [0.29, 0.717) is 0 Å². The first-order valence-electron chi connectivity index (χ1n) is 3.41. The second-order valence-corrected chi connectivity index (χ2v) is 5.79. The highest BCUT2D eigenvalue weighted by molar-refractivity contribution is 8.03. The summed E-state index contributed by atoms with van der Waals surface area (Å²) in [5.41, 5.74) is 0. The molecule has 0 aromatic heterocycles. The highest BCUT2D eigenvalue weighted by atomic mass is 32.3. The minimum Gasteiger partial charge on any atom is -0.476 e. The zero-order valence-corrected chi connectivity index (χ0v) is 9.34. The number of carbonyl (C=O) groups is 2. The fourth-order valence-corrected chi connectivity index (χ4v) is 2.47. The van der Waals surface area contributed by atoms with Crippen LogP contribution in [0.25, 0.3) is 0 Å². The van der Waals surface area contributed by atoms with E-state index in [-0.39, 0.29) is 0 Å². The molecule has 0 amide bonds. The molecule has 0 bridgehead atoms. The maximum atomic E-state index is 10.7. The Morgan fingerprint density at radius 2 is 1.65 bits per heavy atom. The van der Waals surface area contributed by atoms with Crippen molar-refractivity contribution in [1.29, 1.82) is 0 Å². The van der Waals surface area contributed by atoms with Gasteiger partial charge in [0, 0.05) is 0 Å². The number of rotatable bonds is 5. The number of hydrogen-bond acceptors (Lipinski definition) is 9. The van der Waals surface area contributed by atoms with Crippen LogP contribution in [0.2, 0.25) is 0 Å². The Morgan fingerprint density at radius 1 is 1.18 bits per heavy atom. The Morgan fingerprint density at radius 3 is 2.00 bits per heavy atom. The van der Waals surface area contributed by atoms with Gasteiger partial charge in [-0.1, -0.05) is 0 Å². The molecule has 0 saturated heterocycles. The maximum Gasteiger partial charge on any atom is 0.727 e. The monoisotopic (exact) mass is 292 g/mol. The fourth-order valence-electron chi connectivity index (χ4n) is 0.497. The molecule has 0 aliphatic rings. The molecule has 0 spiro atoms. The minimum absolute atomic E-state index is 1.90. The zero-order valence-electron chi connectivity index (χ0n) is 7.71. The second-order valence-electron chi connectivity index (χ2n) is 2.37. The number of carboxylic acids is 1. The fraction of sp³-hybridized carbons (Fsp3) is 0.333. The first-order chi connectivity index (χ1) is 7.43. The predicted octanol–water partition coefficient (Wildman–Crippen LogP) is -3.22. The van der Waals surface area contributed by atoms with Crippen molar-refractivity contribution in [3.8, 4) is 0 Å². The van der Waals surface area contributed by atoms with E-state index >= 15 is 0 Å². The van der Waals surface area contributed by atoms with Gasteiger partial charge in [0.05, 0.1) is 0 Å². The summed E-state index contributed by atoms with van der Waals surface area (Å²) >= 11 is 0. The van der Waals surface area contributed by atoms with Crippen molar-refractivity contribution in [3.05, 3.63) is 0 Å². The van der Waals surface area contributed by atoms with E-state index < -0.39 is 44.6 Å². The van der Waals surface area contributed by atoms with Crippen LogP contribution in [0.3, 0.4) is 0 Å². The van der Waals surface area contributed by atoms with Gasteiger partial charge in [-0.2, -0.15) is 16.8 Å². The Hall–Kier alpha value is -1.22. The van der Waals surface area contributed by atoms with Gasteiger partial charge < -0.3 is 14.8 Å². The highest BCUT2D eigenvalue weighted by Crippen LogP contribution is 2.00. The van der Waals surface area contributed by atoms with Gasteiger partial charge in [-0.15, -0.1) is 0 Å². The van der Waals surface area contributed by atoms with Gasteiger partial charge in [-0.05, 0) is 0 Å². The third kappa shape index (κ3) is 7.64. The molecule has 17 heavy (non-hydrogen) atoms. The maximum absolute atomic E-state index is 10.7. The van der Waals surface area contributed by atoms with Gasteiger partial charge in [0.25, 0.3) is 20.2 Å². The molecule has 0 aliphatic carbocycles. The lowest BCUT2D eigenvalue weighted by Crippen LogP contribution is -2.34. The smallest absolute Gasteiger partial charge is 0.476 e. The van der Waals surface area contributed by atoms with Crippen molar-refractivity contribution in [1.82, 2.24) is 0 Å². The Balaban J connectivity index is 4.54. The summed E-state index contributed by atoms with van der Waals surface area (Å²) < 4.78 is 57.0. The largest absolute Gasteiger partial charge is 0.727 e. The Bertz CT molecular complexity index is 501. The summed E-state index contributed by atoms with van der Waals surface area (Å²) in [5.74, 6) is -4.17. The molecule has 0 saturated carbocycles. The lowest BCUT2D eigenvalue weighted by molar-refractivity contribution is -0.159. The van der Waals surface area contributed by atoms with Crippen LogP contribution in [0.1, 0.15) is 0 Å². The molecule has 0 fully saturated rings. The summed E-state index contributed by atoms with van der Waals surface area (Å²) in [6.07, 6.45) is 0. The van der Waals surface area contributed by atoms with Crippen molar-refractivity contribution in [2.24, 2.45) is 0 Å². The van der Waals surface area contributed by atoms with E-state index in [1.165, 1.54) is 0 Å². The molecule has 14 heteroatoms. The lowest BCUT2D eigenvalue weighted by Gasteiger charge is -2.06. The molecule has 3 N–H and O–H groups in total. The third-order valence-electron chi connectivity index (χ3n) is 0.905. The quantitative estimate of drug-likeness (QED) is 0.263. The zero-order chi connectivity index (χ0) is 13.9. The lowest BCUT2D eigenvalue weighted by atomic mass is 10.3. The van der Waals surface area contributed by atoms with Crippen molar-refractivity contribution < 1.29 is 49.9 Å². The average Bonchev–Trinajstić information content (AvgIpc) is 1.96. The van der Waals surface area contributed by atoms with Gasteiger partial charge in [0.1, 0.15) is 0 Å². The SMILES string of the molecule is O=C(O)C(=O)OB(O)OS(=O)(=O)CS(=O)(=O)O. The minimum atomic E-state index is -4.97. The van der Waals surface area contributed by atoms with E-state index in [2.05, 4.69) is 8.75 Å². The van der Waals surface area contributed by atoms with Crippen molar-refractivity contribution in [2.75, 3.05) is 5.08 Å². The van der Waals surface area contributed by atoms with Gasteiger partial charge in [-0.3, -0.25) is 8.65 Å². The summed E-state index contributed by atoms with van der Waals surface area (Å²) in [7, 11) is -12.8. The van der Waals surface area contributed by atoms with E-state index in [0.717, 1.165) is 0 Å². The predicted molar refractivity (Wildman–Crippen MR) is 48.1 cm³/mol. The molecule has 0 radical (unpaired) electrons. The molecule has 0 aromatic rings. The molecule has 0 atom stereocenters. The first-order valence-corrected chi connectivity index (χ1v) is 6.60. The standard InChI is InChI=1S/C3H5BO11S2/c5-2(6)3(7)14-4(8)15-17(12,13)1-16(9,10)11/h8H,1H2,(H,5,6)(H,9,10,11). The van der Waals surface area contributed by atoms with Gasteiger partial charge >= 0.3 is 19.3 Å². The molecule has 0 rings (SSSR count). The Labute approximate surface area is 95.0 Å². The molecule has 0 aromatic carbocycles. The van der Waals surface area contributed by atoms with Crippen LogP contribution >= 0.6 is 0 Å². The van der Waals surface area contributed by atoms with Gasteiger partial charge in [0.2, 0.25) is 5.08 Å². The average molecular weight is 292 g/mol. The summed E-state index contributed by atoms with van der Waals surface area (Å²) in [6, 6.07) is 0. The third-order valence-corrected chi connectivity index (χ3v) is 3.71. The molecule has 98 valence electrons. The van der Waals surface area contributed by atoms with E-state index in [9.17, 15) is 26.4 Å². The molecule has 0 heterocycles. The molecular formula is C3H5BO11S2. The second kappa shape index (κ2) is 5.41. The van der Waals surface area contributed by atoms with E-state index in [1.54, 1.807) is 0 Å². The number of aliphatic carboxylic acids is 1. The van der Waals surface area contributed by atoms with Gasteiger partial charge in [-0.25, -0.2) is 9.59 Å². The topological polar surface area (TPSA) is 182 Å². The van der Waals surface area contributed by atoms with Crippen LogP contribution in [0.4, 0.5) is 0 Å². The molecular weight excluding hydrogens is 287 g/mol. The van der Waals surface area contributed by atoms with Crippen LogP contribution in [0, 0.1) is 0 Å². The van der Waals surface area contributed by atoms with Gasteiger partial charge in [0.15, 0.2) is 0 Å². The normalized spacial score (nSPS) is 11.9. The van der Waals surface area contributed by atoms with Crippen LogP contribution in [-0.4, -0.2) is 55.9 Å².